The van der Waals surface area contributed by atoms with Gasteiger partial charge >= 0.3 is 0 Å². The fraction of sp³-hybridized carbons (Fsp3) is 0.455. The second-order valence-corrected chi connectivity index (χ2v) is 3.57. The van der Waals surface area contributed by atoms with Crippen molar-refractivity contribution in [1.82, 2.24) is 14.6 Å². The lowest BCUT2D eigenvalue weighted by Gasteiger charge is -2.02. The number of aromatic nitrogens is 3. The van der Waals surface area contributed by atoms with Gasteiger partial charge in [0, 0.05) is 25.8 Å². The Labute approximate surface area is 88.9 Å². The third-order valence-electron chi connectivity index (χ3n) is 2.44. The molecule has 0 aliphatic carbocycles. The molecule has 2 rings (SSSR count). The van der Waals surface area contributed by atoms with Crippen LogP contribution >= 0.6 is 0 Å². The van der Waals surface area contributed by atoms with Gasteiger partial charge in [-0.25, -0.2) is 0 Å². The molecule has 0 saturated carbocycles. The minimum absolute atomic E-state index is 0.765. The van der Waals surface area contributed by atoms with Crippen molar-refractivity contribution in [2.75, 3.05) is 13.7 Å². The van der Waals surface area contributed by atoms with Crippen molar-refractivity contribution in [2.24, 2.45) is 0 Å². The van der Waals surface area contributed by atoms with Crippen LogP contribution in [0.3, 0.4) is 0 Å². The highest BCUT2D eigenvalue weighted by molar-refractivity contribution is 5.39. The molecule has 0 N–H and O–H groups in total. The summed E-state index contributed by atoms with van der Waals surface area (Å²) in [5, 5.41) is 8.32. The van der Waals surface area contributed by atoms with Crippen molar-refractivity contribution in [3.63, 3.8) is 0 Å². The third-order valence-corrected chi connectivity index (χ3v) is 2.44. The summed E-state index contributed by atoms with van der Waals surface area (Å²) in [5.41, 5.74) is 2.09. The highest BCUT2D eigenvalue weighted by atomic mass is 16.5. The molecule has 0 spiro atoms. The van der Waals surface area contributed by atoms with Crippen molar-refractivity contribution < 1.29 is 4.74 Å². The Kier molecular flexibility index (Phi) is 2.97. The zero-order valence-electron chi connectivity index (χ0n) is 9.10. The van der Waals surface area contributed by atoms with Crippen LogP contribution in [0.2, 0.25) is 0 Å². The van der Waals surface area contributed by atoms with Crippen LogP contribution in [0.4, 0.5) is 0 Å². The topological polar surface area (TPSA) is 39.4 Å². The van der Waals surface area contributed by atoms with E-state index in [-0.39, 0.29) is 0 Å². The van der Waals surface area contributed by atoms with Crippen LogP contribution in [0.25, 0.3) is 5.65 Å². The van der Waals surface area contributed by atoms with E-state index >= 15 is 0 Å². The van der Waals surface area contributed by atoms with Crippen LogP contribution < -0.4 is 0 Å². The third kappa shape index (κ3) is 1.99. The Hall–Kier alpha value is -1.42. The lowest BCUT2D eigenvalue weighted by molar-refractivity contribution is 0.194. The van der Waals surface area contributed by atoms with E-state index in [0.29, 0.717) is 0 Å². The van der Waals surface area contributed by atoms with Gasteiger partial charge in [-0.1, -0.05) is 6.07 Å². The van der Waals surface area contributed by atoms with Gasteiger partial charge < -0.3 is 4.74 Å². The first-order valence-corrected chi connectivity index (χ1v) is 5.11. The number of pyridine rings is 1. The molecule has 0 atom stereocenters. The molecule has 0 amide bonds. The standard InChI is InChI=1S/C11H15N3O/c1-9-5-3-6-10-12-13-11(14(9)10)7-4-8-15-2/h3,5-6H,4,7-8H2,1-2H3. The maximum atomic E-state index is 5.02. The molecule has 0 bridgehead atoms. The van der Waals surface area contributed by atoms with Crippen LogP contribution in [0.5, 0.6) is 0 Å². The quantitative estimate of drug-likeness (QED) is 0.712. The number of fused-ring (bicyclic) bond motifs is 1. The molecule has 0 radical (unpaired) electrons. The Morgan fingerprint density at radius 3 is 3.00 bits per heavy atom. The van der Waals surface area contributed by atoms with Crippen molar-refractivity contribution in [3.05, 3.63) is 29.7 Å². The first kappa shape index (κ1) is 10.1. The molecule has 0 fully saturated rings. The minimum atomic E-state index is 0.765. The summed E-state index contributed by atoms with van der Waals surface area (Å²) in [6, 6.07) is 6.04. The number of methoxy groups -OCH3 is 1. The SMILES string of the molecule is COCCCc1nnc2cccc(C)n12. The number of rotatable bonds is 4. The Morgan fingerprint density at radius 2 is 2.20 bits per heavy atom. The van der Waals surface area contributed by atoms with Crippen LogP contribution in [0, 0.1) is 6.92 Å². The van der Waals surface area contributed by atoms with Gasteiger partial charge in [0.05, 0.1) is 0 Å². The Morgan fingerprint density at radius 1 is 1.33 bits per heavy atom. The average molecular weight is 205 g/mol. The molecule has 4 heteroatoms. The number of aryl methyl sites for hydroxylation is 2. The zero-order valence-corrected chi connectivity index (χ0v) is 9.10. The maximum Gasteiger partial charge on any atom is 0.160 e. The number of nitrogens with zero attached hydrogens (tertiary/aromatic N) is 3. The molecule has 2 heterocycles. The van der Waals surface area contributed by atoms with Crippen molar-refractivity contribution in [1.29, 1.82) is 0 Å². The summed E-state index contributed by atoms with van der Waals surface area (Å²) < 4.78 is 7.12. The first-order chi connectivity index (χ1) is 7.33. The molecule has 0 aliphatic heterocycles. The number of ether oxygens (including phenoxy) is 1. The monoisotopic (exact) mass is 205 g/mol. The normalized spacial score (nSPS) is 11.1. The van der Waals surface area contributed by atoms with Crippen LogP contribution in [-0.4, -0.2) is 28.3 Å². The summed E-state index contributed by atoms with van der Waals surface area (Å²) in [7, 11) is 1.72. The van der Waals surface area contributed by atoms with Crippen LogP contribution in [-0.2, 0) is 11.2 Å². The van der Waals surface area contributed by atoms with Gasteiger partial charge in [-0.2, -0.15) is 0 Å². The van der Waals surface area contributed by atoms with Gasteiger partial charge in [0.15, 0.2) is 5.65 Å². The van der Waals surface area contributed by atoms with Gasteiger partial charge in [-0.05, 0) is 25.5 Å². The fourth-order valence-electron chi connectivity index (χ4n) is 1.71. The van der Waals surface area contributed by atoms with E-state index in [4.69, 9.17) is 4.74 Å². The van der Waals surface area contributed by atoms with Crippen molar-refractivity contribution in [2.45, 2.75) is 19.8 Å². The van der Waals surface area contributed by atoms with Gasteiger partial charge in [0.25, 0.3) is 0 Å². The highest BCUT2D eigenvalue weighted by Crippen LogP contribution is 2.09. The van der Waals surface area contributed by atoms with Crippen molar-refractivity contribution >= 4 is 5.65 Å². The smallest absolute Gasteiger partial charge is 0.160 e. The molecular formula is C11H15N3O. The summed E-state index contributed by atoms with van der Waals surface area (Å²) in [5.74, 6) is 1.01. The van der Waals surface area contributed by atoms with Crippen molar-refractivity contribution in [3.8, 4) is 0 Å². The summed E-state index contributed by atoms with van der Waals surface area (Å²) in [4.78, 5) is 0. The molecule has 0 aromatic carbocycles. The molecule has 0 saturated heterocycles. The number of hydrogen-bond acceptors (Lipinski definition) is 3. The predicted molar refractivity (Wildman–Crippen MR) is 57.9 cm³/mol. The van der Waals surface area contributed by atoms with Crippen LogP contribution in [0.15, 0.2) is 18.2 Å². The second-order valence-electron chi connectivity index (χ2n) is 3.57. The number of hydrogen-bond donors (Lipinski definition) is 0. The lowest BCUT2D eigenvalue weighted by Crippen LogP contribution is -2.00. The van der Waals surface area contributed by atoms with Gasteiger partial charge in [0.1, 0.15) is 5.82 Å². The summed E-state index contributed by atoms with van der Waals surface area (Å²) in [6.45, 7) is 2.83. The summed E-state index contributed by atoms with van der Waals surface area (Å²) in [6.07, 6.45) is 1.88. The van der Waals surface area contributed by atoms with E-state index < -0.39 is 0 Å². The molecule has 0 unspecified atom stereocenters. The van der Waals surface area contributed by atoms with E-state index in [2.05, 4.69) is 27.6 Å². The largest absolute Gasteiger partial charge is 0.385 e. The zero-order chi connectivity index (χ0) is 10.7. The molecule has 2 aromatic rings. The van der Waals surface area contributed by atoms with E-state index in [1.165, 1.54) is 5.69 Å². The molecule has 15 heavy (non-hydrogen) atoms. The maximum absolute atomic E-state index is 5.02. The van der Waals surface area contributed by atoms with Gasteiger partial charge in [-0.3, -0.25) is 4.40 Å². The molecule has 80 valence electrons. The molecular weight excluding hydrogens is 190 g/mol. The Bertz CT molecular complexity index is 450. The van der Waals surface area contributed by atoms with Gasteiger partial charge in [0.2, 0.25) is 0 Å². The minimum Gasteiger partial charge on any atom is -0.385 e. The molecule has 2 aromatic heterocycles. The van der Waals surface area contributed by atoms with E-state index in [1.807, 2.05) is 12.1 Å². The summed E-state index contributed by atoms with van der Waals surface area (Å²) >= 11 is 0. The van der Waals surface area contributed by atoms with E-state index in [0.717, 1.165) is 30.9 Å². The predicted octanol–water partition coefficient (Wildman–Crippen LogP) is 1.62. The fourth-order valence-corrected chi connectivity index (χ4v) is 1.71. The van der Waals surface area contributed by atoms with Crippen LogP contribution in [0.1, 0.15) is 17.9 Å². The van der Waals surface area contributed by atoms with E-state index in [1.54, 1.807) is 7.11 Å². The average Bonchev–Trinajstić information content (AvgIpc) is 2.63. The molecule has 0 aliphatic rings. The van der Waals surface area contributed by atoms with Gasteiger partial charge in [-0.15, -0.1) is 10.2 Å². The lowest BCUT2D eigenvalue weighted by atomic mass is 10.3. The highest BCUT2D eigenvalue weighted by Gasteiger charge is 2.05. The van der Waals surface area contributed by atoms with E-state index in [9.17, 15) is 0 Å². The first-order valence-electron chi connectivity index (χ1n) is 5.11. The second kappa shape index (κ2) is 4.40. The Balaban J connectivity index is 2.27. The molecule has 4 nitrogen and oxygen atoms in total.